The minimum atomic E-state index is 0.541. The number of likely N-dealkylation sites (tertiary alicyclic amines) is 1. The summed E-state index contributed by atoms with van der Waals surface area (Å²) >= 11 is 0. The van der Waals surface area contributed by atoms with E-state index in [1.165, 1.54) is 32.3 Å². The minimum Gasteiger partial charge on any atom is -0.481 e. The first kappa shape index (κ1) is 15.0. The van der Waals surface area contributed by atoms with Crippen LogP contribution in [0.1, 0.15) is 25.3 Å². The Morgan fingerprint density at radius 3 is 2.35 bits per heavy atom. The Bertz CT molecular complexity index is 399. The lowest BCUT2D eigenvalue weighted by Crippen LogP contribution is -2.38. The van der Waals surface area contributed by atoms with Gasteiger partial charge in [0.1, 0.15) is 6.33 Å². The van der Waals surface area contributed by atoms with Crippen LogP contribution in [0.25, 0.3) is 0 Å². The van der Waals surface area contributed by atoms with Crippen molar-refractivity contribution in [2.75, 3.05) is 33.9 Å². The van der Waals surface area contributed by atoms with Crippen molar-refractivity contribution in [1.29, 1.82) is 0 Å². The lowest BCUT2D eigenvalue weighted by Gasteiger charge is -2.24. The van der Waals surface area contributed by atoms with Crippen LogP contribution in [-0.4, -0.2) is 54.8 Å². The fraction of sp³-hybridized carbons (Fsp3) is 0.714. The van der Waals surface area contributed by atoms with Gasteiger partial charge in [0.2, 0.25) is 11.8 Å². The van der Waals surface area contributed by atoms with Gasteiger partial charge in [-0.25, -0.2) is 9.97 Å². The van der Waals surface area contributed by atoms with E-state index in [9.17, 15) is 0 Å². The van der Waals surface area contributed by atoms with Crippen molar-refractivity contribution in [1.82, 2.24) is 20.2 Å². The molecule has 2 heterocycles. The van der Waals surface area contributed by atoms with Gasteiger partial charge in [-0.1, -0.05) is 0 Å². The van der Waals surface area contributed by atoms with Crippen molar-refractivity contribution in [2.45, 2.75) is 32.4 Å². The van der Waals surface area contributed by atoms with Gasteiger partial charge in [-0.3, -0.25) is 4.90 Å². The van der Waals surface area contributed by atoms with Crippen molar-refractivity contribution < 1.29 is 9.47 Å². The van der Waals surface area contributed by atoms with E-state index in [-0.39, 0.29) is 0 Å². The maximum atomic E-state index is 5.26. The average molecular weight is 280 g/mol. The van der Waals surface area contributed by atoms with Crippen LogP contribution in [0, 0.1) is 0 Å². The maximum absolute atomic E-state index is 5.26. The first-order valence-corrected chi connectivity index (χ1v) is 7.13. The Morgan fingerprint density at radius 2 is 1.80 bits per heavy atom. The predicted molar refractivity (Wildman–Crippen MR) is 77.1 cm³/mol. The highest BCUT2D eigenvalue weighted by Crippen LogP contribution is 2.22. The highest BCUT2D eigenvalue weighted by Gasteiger charge is 2.18. The second kappa shape index (κ2) is 7.40. The van der Waals surface area contributed by atoms with E-state index < -0.39 is 0 Å². The lowest BCUT2D eigenvalue weighted by atomic mass is 10.2. The molecule has 1 aliphatic rings. The van der Waals surface area contributed by atoms with Crippen LogP contribution >= 0.6 is 0 Å². The quantitative estimate of drug-likeness (QED) is 0.806. The number of aromatic nitrogens is 2. The normalized spacial score (nSPS) is 17.1. The van der Waals surface area contributed by atoms with Crippen molar-refractivity contribution in [3.8, 4) is 11.8 Å². The summed E-state index contributed by atoms with van der Waals surface area (Å²) in [6.45, 7) is 6.26. The summed E-state index contributed by atoms with van der Waals surface area (Å²) in [5.41, 5.74) is 0.867. The smallest absolute Gasteiger partial charge is 0.224 e. The van der Waals surface area contributed by atoms with E-state index in [1.807, 2.05) is 0 Å². The average Bonchev–Trinajstić information content (AvgIpc) is 3.01. The number of hydrogen-bond donors (Lipinski definition) is 1. The summed E-state index contributed by atoms with van der Waals surface area (Å²) < 4.78 is 10.5. The number of ether oxygens (including phenoxy) is 2. The van der Waals surface area contributed by atoms with E-state index in [0.717, 1.165) is 12.1 Å². The first-order valence-electron chi connectivity index (χ1n) is 7.13. The van der Waals surface area contributed by atoms with Gasteiger partial charge in [-0.15, -0.1) is 0 Å². The van der Waals surface area contributed by atoms with Crippen LogP contribution in [0.5, 0.6) is 11.8 Å². The summed E-state index contributed by atoms with van der Waals surface area (Å²) in [5, 5.41) is 3.45. The summed E-state index contributed by atoms with van der Waals surface area (Å²) in [6, 6.07) is 0.541. The van der Waals surface area contributed by atoms with E-state index in [2.05, 4.69) is 27.1 Å². The Balaban J connectivity index is 1.89. The molecule has 1 atom stereocenters. The molecular weight excluding hydrogens is 256 g/mol. The van der Waals surface area contributed by atoms with Crippen molar-refractivity contribution in [3.05, 3.63) is 11.9 Å². The van der Waals surface area contributed by atoms with Crippen LogP contribution in [-0.2, 0) is 6.54 Å². The third-order valence-corrected chi connectivity index (χ3v) is 3.76. The van der Waals surface area contributed by atoms with Crippen LogP contribution in [0.2, 0.25) is 0 Å². The largest absolute Gasteiger partial charge is 0.481 e. The van der Waals surface area contributed by atoms with E-state index in [1.54, 1.807) is 14.2 Å². The van der Waals surface area contributed by atoms with Crippen LogP contribution < -0.4 is 14.8 Å². The Hall–Kier alpha value is -1.40. The molecule has 1 aromatic rings. The van der Waals surface area contributed by atoms with Crippen molar-refractivity contribution >= 4 is 0 Å². The van der Waals surface area contributed by atoms with Crippen LogP contribution in [0.3, 0.4) is 0 Å². The molecule has 6 nitrogen and oxygen atoms in total. The summed E-state index contributed by atoms with van der Waals surface area (Å²) in [4.78, 5) is 10.8. The van der Waals surface area contributed by atoms with Gasteiger partial charge in [0.25, 0.3) is 0 Å². The fourth-order valence-electron chi connectivity index (χ4n) is 2.60. The van der Waals surface area contributed by atoms with Crippen molar-refractivity contribution in [2.24, 2.45) is 0 Å². The zero-order valence-electron chi connectivity index (χ0n) is 12.6. The summed E-state index contributed by atoms with van der Waals surface area (Å²) in [6.07, 6.45) is 4.09. The molecule has 0 amide bonds. The van der Waals surface area contributed by atoms with Crippen LogP contribution in [0.15, 0.2) is 6.33 Å². The lowest BCUT2D eigenvalue weighted by molar-refractivity contribution is 0.251. The highest BCUT2D eigenvalue weighted by atomic mass is 16.5. The maximum Gasteiger partial charge on any atom is 0.224 e. The second-order valence-electron chi connectivity index (χ2n) is 5.09. The molecule has 1 fully saturated rings. The van der Waals surface area contributed by atoms with Gasteiger partial charge in [-0.2, -0.15) is 0 Å². The molecular formula is C14H24N4O2. The predicted octanol–water partition coefficient (Wildman–Crippen LogP) is 1.07. The number of nitrogens with one attached hydrogen (secondary N) is 1. The monoisotopic (exact) mass is 280 g/mol. The topological polar surface area (TPSA) is 59.5 Å². The zero-order chi connectivity index (χ0) is 14.4. The Morgan fingerprint density at radius 1 is 1.20 bits per heavy atom. The first-order chi connectivity index (χ1) is 9.76. The molecule has 0 saturated carbocycles. The summed E-state index contributed by atoms with van der Waals surface area (Å²) in [7, 11) is 3.22. The number of nitrogens with zero attached hydrogens (tertiary/aromatic N) is 3. The molecule has 0 spiro atoms. The number of methoxy groups -OCH3 is 2. The molecule has 1 N–H and O–H groups in total. The molecule has 1 aromatic heterocycles. The van der Waals surface area contributed by atoms with E-state index >= 15 is 0 Å². The van der Waals surface area contributed by atoms with Gasteiger partial charge in [0, 0.05) is 19.1 Å². The van der Waals surface area contributed by atoms with Gasteiger partial charge in [-0.05, 0) is 32.9 Å². The van der Waals surface area contributed by atoms with Gasteiger partial charge in [0.15, 0.2) is 0 Å². The molecule has 1 saturated heterocycles. The summed E-state index contributed by atoms with van der Waals surface area (Å²) in [5.74, 6) is 1.14. The SMILES string of the molecule is COc1ncnc(OC)c1CNCC(C)N1CCCC1. The molecule has 1 unspecified atom stereocenters. The highest BCUT2D eigenvalue weighted by molar-refractivity contribution is 5.34. The van der Waals surface area contributed by atoms with Crippen molar-refractivity contribution in [3.63, 3.8) is 0 Å². The molecule has 0 aliphatic carbocycles. The van der Waals surface area contributed by atoms with E-state index in [0.29, 0.717) is 24.3 Å². The Kier molecular flexibility index (Phi) is 5.55. The Labute approximate surface area is 120 Å². The van der Waals surface area contributed by atoms with Gasteiger partial charge in [0.05, 0.1) is 19.8 Å². The van der Waals surface area contributed by atoms with Gasteiger partial charge < -0.3 is 14.8 Å². The fourth-order valence-corrected chi connectivity index (χ4v) is 2.60. The minimum absolute atomic E-state index is 0.541. The molecule has 0 bridgehead atoms. The molecule has 6 heteroatoms. The standard InChI is InChI=1S/C14H24N4O2/c1-11(18-6-4-5-7-18)8-15-9-12-13(19-2)16-10-17-14(12)20-3/h10-11,15H,4-9H2,1-3H3. The number of hydrogen-bond acceptors (Lipinski definition) is 6. The molecule has 1 aliphatic heterocycles. The molecule has 0 aromatic carbocycles. The van der Waals surface area contributed by atoms with E-state index in [4.69, 9.17) is 9.47 Å². The van der Waals surface area contributed by atoms with Crippen LogP contribution in [0.4, 0.5) is 0 Å². The molecule has 2 rings (SSSR count). The third kappa shape index (κ3) is 3.58. The molecule has 0 radical (unpaired) electrons. The second-order valence-corrected chi connectivity index (χ2v) is 5.09. The molecule has 20 heavy (non-hydrogen) atoms. The molecule has 112 valence electrons. The number of rotatable bonds is 7. The van der Waals surface area contributed by atoms with Gasteiger partial charge >= 0.3 is 0 Å². The third-order valence-electron chi connectivity index (χ3n) is 3.76. The zero-order valence-corrected chi connectivity index (χ0v) is 12.6.